The maximum absolute atomic E-state index is 12.6. The Morgan fingerprint density at radius 2 is 2.10 bits per heavy atom. The van der Waals surface area contributed by atoms with Gasteiger partial charge in [0, 0.05) is 4.47 Å². The maximum Gasteiger partial charge on any atom is 0.416 e. The van der Waals surface area contributed by atoms with Crippen LogP contribution in [0.15, 0.2) is 28.9 Å². The van der Waals surface area contributed by atoms with Gasteiger partial charge in [0.25, 0.3) is 0 Å². The molecule has 0 unspecified atom stereocenters. The van der Waals surface area contributed by atoms with E-state index in [1.807, 2.05) is 0 Å². The number of esters is 1. The maximum atomic E-state index is 12.6. The van der Waals surface area contributed by atoms with E-state index in [9.17, 15) is 18.0 Å². The molecule has 0 bridgehead atoms. The fraction of sp³-hybridized carbons (Fsp3) is 0.167. The van der Waals surface area contributed by atoms with Gasteiger partial charge in [0.2, 0.25) is 0 Å². The molecule has 2 rings (SSSR count). The molecule has 0 saturated carbocycles. The third-order valence-corrected chi connectivity index (χ3v) is 3.28. The summed E-state index contributed by atoms with van der Waals surface area (Å²) >= 11 is 3.05. The number of benzene rings is 1. The van der Waals surface area contributed by atoms with Crippen LogP contribution in [0.4, 0.5) is 18.9 Å². The van der Waals surface area contributed by atoms with Gasteiger partial charge >= 0.3 is 12.1 Å². The quantitative estimate of drug-likeness (QED) is 0.832. The normalized spacial score (nSPS) is 11.5. The van der Waals surface area contributed by atoms with Gasteiger partial charge < -0.3 is 10.5 Å². The van der Waals surface area contributed by atoms with Crippen molar-refractivity contribution in [2.45, 2.75) is 6.18 Å². The largest absolute Gasteiger partial charge is 0.464 e. The van der Waals surface area contributed by atoms with Crippen molar-refractivity contribution < 1.29 is 22.7 Å². The van der Waals surface area contributed by atoms with E-state index in [0.29, 0.717) is 5.69 Å². The molecule has 2 aromatic rings. The smallest absolute Gasteiger partial charge is 0.416 e. The van der Waals surface area contributed by atoms with E-state index in [-0.39, 0.29) is 15.9 Å². The van der Waals surface area contributed by atoms with Gasteiger partial charge in [-0.05, 0) is 34.1 Å². The van der Waals surface area contributed by atoms with E-state index in [0.717, 1.165) is 12.1 Å². The lowest BCUT2D eigenvalue weighted by Gasteiger charge is -2.10. The van der Waals surface area contributed by atoms with Gasteiger partial charge in [-0.1, -0.05) is 0 Å². The molecule has 2 N–H and O–H groups in total. The molecule has 1 heterocycles. The summed E-state index contributed by atoms with van der Waals surface area (Å²) in [6.45, 7) is 0. The lowest BCUT2D eigenvalue weighted by molar-refractivity contribution is -0.137. The van der Waals surface area contributed by atoms with Crippen molar-refractivity contribution in [2.24, 2.45) is 0 Å². The third-order valence-electron chi connectivity index (χ3n) is 2.64. The molecule has 1 aromatic heterocycles. The number of methoxy groups -OCH3 is 1. The van der Waals surface area contributed by atoms with Gasteiger partial charge in [0.1, 0.15) is 0 Å². The third kappa shape index (κ3) is 3.02. The predicted octanol–water partition coefficient (Wildman–Crippen LogP) is 3.02. The molecule has 0 amide bonds. The molecule has 9 heteroatoms. The van der Waals surface area contributed by atoms with Crippen LogP contribution in [0.1, 0.15) is 16.1 Å². The Morgan fingerprint density at radius 3 is 2.62 bits per heavy atom. The fourth-order valence-corrected chi connectivity index (χ4v) is 2.20. The van der Waals surface area contributed by atoms with Crippen molar-refractivity contribution in [1.82, 2.24) is 9.78 Å². The zero-order valence-corrected chi connectivity index (χ0v) is 12.2. The molecule has 0 fully saturated rings. The number of halogens is 4. The molecule has 21 heavy (non-hydrogen) atoms. The number of rotatable bonds is 2. The van der Waals surface area contributed by atoms with Crippen LogP contribution in [0, 0.1) is 0 Å². The molecule has 0 aliphatic carbocycles. The molecule has 0 aliphatic heterocycles. The average molecular weight is 364 g/mol. The van der Waals surface area contributed by atoms with Crippen LogP contribution in [-0.4, -0.2) is 22.9 Å². The highest BCUT2D eigenvalue weighted by atomic mass is 79.9. The molecule has 0 saturated heterocycles. The van der Waals surface area contributed by atoms with Crippen LogP contribution in [0.3, 0.4) is 0 Å². The van der Waals surface area contributed by atoms with Crippen LogP contribution in [0.2, 0.25) is 0 Å². The molecular weight excluding hydrogens is 355 g/mol. The molecule has 5 nitrogen and oxygen atoms in total. The first-order valence-corrected chi connectivity index (χ1v) is 6.34. The van der Waals surface area contributed by atoms with E-state index < -0.39 is 17.7 Å². The molecule has 112 valence electrons. The number of nitrogen functional groups attached to an aromatic ring is 1. The number of ether oxygens (including phenoxy) is 1. The highest BCUT2D eigenvalue weighted by molar-refractivity contribution is 9.10. The molecular formula is C12H9BrF3N3O2. The van der Waals surface area contributed by atoms with Crippen molar-refractivity contribution in [1.29, 1.82) is 0 Å². The number of carbonyl (C=O) groups excluding carboxylic acids is 1. The first kappa shape index (κ1) is 15.4. The monoisotopic (exact) mass is 363 g/mol. The molecule has 0 atom stereocenters. The number of anilines is 1. The Bertz CT molecular complexity index is 698. The second-order valence-electron chi connectivity index (χ2n) is 4.03. The lowest BCUT2D eigenvalue weighted by Crippen LogP contribution is -2.07. The van der Waals surface area contributed by atoms with Crippen LogP contribution in [0.5, 0.6) is 0 Å². The second-order valence-corrected chi connectivity index (χ2v) is 4.89. The van der Waals surface area contributed by atoms with Gasteiger partial charge in [-0.3, -0.25) is 0 Å². The van der Waals surface area contributed by atoms with E-state index in [1.165, 1.54) is 24.1 Å². The summed E-state index contributed by atoms with van der Waals surface area (Å²) in [5.74, 6) is -0.728. The van der Waals surface area contributed by atoms with Gasteiger partial charge in [-0.2, -0.15) is 18.3 Å². The first-order valence-electron chi connectivity index (χ1n) is 5.54. The van der Waals surface area contributed by atoms with Crippen molar-refractivity contribution in [3.8, 4) is 5.69 Å². The van der Waals surface area contributed by atoms with E-state index in [2.05, 4.69) is 25.8 Å². The minimum Gasteiger partial charge on any atom is -0.464 e. The minimum atomic E-state index is -4.44. The van der Waals surface area contributed by atoms with Gasteiger partial charge in [-0.25, -0.2) is 9.48 Å². The number of alkyl halides is 3. The summed E-state index contributed by atoms with van der Waals surface area (Å²) in [7, 11) is 1.18. The standard InChI is InChI=1S/C12H9BrF3N3O2/c1-21-11(20)10-8(17)5-19(18-10)9-3-2-6(4-7(9)13)12(14,15)16/h2-5H,17H2,1H3. The van der Waals surface area contributed by atoms with Crippen LogP contribution in [-0.2, 0) is 10.9 Å². The summed E-state index contributed by atoms with van der Waals surface area (Å²) in [5, 5.41) is 3.91. The predicted molar refractivity (Wildman–Crippen MR) is 72.0 cm³/mol. The topological polar surface area (TPSA) is 70.1 Å². The van der Waals surface area contributed by atoms with E-state index >= 15 is 0 Å². The van der Waals surface area contributed by atoms with Gasteiger partial charge in [0.15, 0.2) is 5.69 Å². The van der Waals surface area contributed by atoms with Crippen molar-refractivity contribution in [3.05, 3.63) is 40.1 Å². The molecule has 1 aromatic carbocycles. The Labute approximate surface area is 125 Å². The number of nitrogens with zero attached hydrogens (tertiary/aromatic N) is 2. The summed E-state index contributed by atoms with van der Waals surface area (Å²) in [6.07, 6.45) is -3.12. The van der Waals surface area contributed by atoms with Gasteiger partial charge in [0.05, 0.1) is 30.2 Å². The fourth-order valence-electron chi connectivity index (χ4n) is 1.64. The van der Waals surface area contributed by atoms with Gasteiger partial charge in [-0.15, -0.1) is 0 Å². The Kier molecular flexibility index (Phi) is 3.95. The van der Waals surface area contributed by atoms with E-state index in [4.69, 9.17) is 5.73 Å². The van der Waals surface area contributed by atoms with E-state index in [1.54, 1.807) is 0 Å². The van der Waals surface area contributed by atoms with Crippen LogP contribution < -0.4 is 5.73 Å². The minimum absolute atomic E-state index is 0.0636. The summed E-state index contributed by atoms with van der Waals surface area (Å²) < 4.78 is 43.7. The summed E-state index contributed by atoms with van der Waals surface area (Å²) in [5.41, 5.74) is 5.09. The number of nitrogens with two attached hydrogens (primary N) is 1. The zero-order chi connectivity index (χ0) is 15.8. The number of aromatic nitrogens is 2. The Morgan fingerprint density at radius 1 is 1.43 bits per heavy atom. The molecule has 0 spiro atoms. The summed E-state index contributed by atoms with van der Waals surface area (Å²) in [6, 6.07) is 3.06. The van der Waals surface area contributed by atoms with Crippen LogP contribution >= 0.6 is 15.9 Å². The Hall–Kier alpha value is -2.03. The number of hydrogen-bond donors (Lipinski definition) is 1. The molecule has 0 aliphatic rings. The van der Waals surface area contributed by atoms with Crippen molar-refractivity contribution in [3.63, 3.8) is 0 Å². The van der Waals surface area contributed by atoms with Crippen LogP contribution in [0.25, 0.3) is 5.69 Å². The second kappa shape index (κ2) is 5.40. The highest BCUT2D eigenvalue weighted by Gasteiger charge is 2.31. The van der Waals surface area contributed by atoms with Crippen molar-refractivity contribution >= 4 is 27.6 Å². The zero-order valence-electron chi connectivity index (χ0n) is 10.6. The van der Waals surface area contributed by atoms with Crippen molar-refractivity contribution in [2.75, 3.05) is 12.8 Å². The number of carbonyl (C=O) groups is 1. The lowest BCUT2D eigenvalue weighted by atomic mass is 10.2. The first-order chi connectivity index (χ1) is 9.74. The number of hydrogen-bond acceptors (Lipinski definition) is 4. The summed E-state index contributed by atoms with van der Waals surface area (Å²) in [4.78, 5) is 11.4. The molecule has 0 radical (unpaired) electrons. The SMILES string of the molecule is COC(=O)c1nn(-c2ccc(C(F)(F)F)cc2Br)cc1N. The highest BCUT2D eigenvalue weighted by Crippen LogP contribution is 2.33. The Balaban J connectivity index is 2.46. The average Bonchev–Trinajstić information content (AvgIpc) is 2.78.